The third-order valence-corrected chi connectivity index (χ3v) is 3.57. The Bertz CT molecular complexity index is 290. The zero-order valence-electron chi connectivity index (χ0n) is 8.90. The number of nitrogens with zero attached hydrogens (tertiary/aromatic N) is 2. The Balaban J connectivity index is 1.88. The molecule has 0 saturated carbocycles. The first-order valence-corrected chi connectivity index (χ1v) is 5.46. The Morgan fingerprint density at radius 3 is 3.27 bits per heavy atom. The highest BCUT2D eigenvalue weighted by Gasteiger charge is 2.43. The van der Waals surface area contributed by atoms with Gasteiger partial charge >= 0.3 is 0 Å². The molecule has 0 aliphatic carbocycles. The zero-order chi connectivity index (χ0) is 10.4. The molecule has 6 nitrogen and oxygen atoms in total. The van der Waals surface area contributed by atoms with Crippen LogP contribution in [0.25, 0.3) is 0 Å². The summed E-state index contributed by atoms with van der Waals surface area (Å²) in [6.07, 6.45) is 3.22. The number of likely N-dealkylation sites (N-methyl/N-ethyl adjacent to an activating group) is 1. The van der Waals surface area contributed by atoms with Crippen LogP contribution in [0.5, 0.6) is 0 Å². The van der Waals surface area contributed by atoms with Crippen molar-refractivity contribution >= 4 is 0 Å². The summed E-state index contributed by atoms with van der Waals surface area (Å²) >= 11 is 0. The summed E-state index contributed by atoms with van der Waals surface area (Å²) in [5, 5.41) is 5.56. The van der Waals surface area contributed by atoms with E-state index in [1.54, 1.807) is 0 Å². The summed E-state index contributed by atoms with van der Waals surface area (Å²) in [5.41, 5.74) is 13.7. The fourth-order valence-electron chi connectivity index (χ4n) is 2.88. The van der Waals surface area contributed by atoms with E-state index in [4.69, 9.17) is 5.73 Å². The summed E-state index contributed by atoms with van der Waals surface area (Å²) in [4.78, 5) is 2.33. The van der Waals surface area contributed by atoms with Crippen LogP contribution < -0.4 is 22.0 Å². The second-order valence-corrected chi connectivity index (χ2v) is 4.50. The van der Waals surface area contributed by atoms with Gasteiger partial charge in [-0.25, -0.2) is 0 Å². The molecule has 3 aliphatic heterocycles. The molecule has 84 valence electrons. The fourth-order valence-corrected chi connectivity index (χ4v) is 2.88. The Morgan fingerprint density at radius 2 is 2.40 bits per heavy atom. The van der Waals surface area contributed by atoms with Gasteiger partial charge in [0.2, 0.25) is 0 Å². The van der Waals surface area contributed by atoms with Gasteiger partial charge in [0.25, 0.3) is 0 Å². The van der Waals surface area contributed by atoms with Crippen molar-refractivity contribution in [1.82, 2.24) is 26.2 Å². The predicted octanol–water partition coefficient (Wildman–Crippen LogP) is -1.89. The first-order chi connectivity index (χ1) is 7.27. The van der Waals surface area contributed by atoms with E-state index >= 15 is 0 Å². The van der Waals surface area contributed by atoms with Crippen molar-refractivity contribution < 1.29 is 0 Å². The van der Waals surface area contributed by atoms with E-state index in [0.29, 0.717) is 12.1 Å². The van der Waals surface area contributed by atoms with Gasteiger partial charge in [0.1, 0.15) is 0 Å². The molecule has 2 saturated heterocycles. The minimum atomic E-state index is 0.0673. The van der Waals surface area contributed by atoms with E-state index in [0.717, 1.165) is 19.5 Å². The van der Waals surface area contributed by atoms with E-state index in [9.17, 15) is 0 Å². The Hall–Kier alpha value is -0.820. The standard InChI is InChI=1S/C9H18N6/c1-14-5-6-4-12-13-15(6)7-2-3-11-9(10)8(7)14/h4,7-9,11-13H,2-3,5,10H2,1H3. The number of nitrogens with one attached hydrogen (secondary N) is 3. The second-order valence-electron chi connectivity index (χ2n) is 4.50. The van der Waals surface area contributed by atoms with Gasteiger partial charge in [0.05, 0.1) is 23.9 Å². The van der Waals surface area contributed by atoms with Crippen LogP contribution in [-0.4, -0.2) is 48.3 Å². The maximum Gasteiger partial charge on any atom is 0.0728 e. The molecule has 3 aliphatic rings. The number of hydrogen-bond donors (Lipinski definition) is 4. The first kappa shape index (κ1) is 9.41. The van der Waals surface area contributed by atoms with Crippen LogP contribution >= 0.6 is 0 Å². The Morgan fingerprint density at radius 1 is 1.53 bits per heavy atom. The van der Waals surface area contributed by atoms with Crippen LogP contribution in [0.15, 0.2) is 11.9 Å². The van der Waals surface area contributed by atoms with E-state index in [1.807, 2.05) is 6.20 Å². The molecular formula is C9H18N6. The molecule has 0 aromatic heterocycles. The van der Waals surface area contributed by atoms with Crippen LogP contribution in [0.2, 0.25) is 0 Å². The predicted molar refractivity (Wildman–Crippen MR) is 57.0 cm³/mol. The minimum Gasteiger partial charge on any atom is -0.315 e. The van der Waals surface area contributed by atoms with Crippen LogP contribution in [0.4, 0.5) is 0 Å². The zero-order valence-corrected chi connectivity index (χ0v) is 8.90. The van der Waals surface area contributed by atoms with Crippen LogP contribution in [0.3, 0.4) is 0 Å². The molecule has 6 heteroatoms. The summed E-state index contributed by atoms with van der Waals surface area (Å²) in [6, 6.07) is 0.838. The van der Waals surface area contributed by atoms with Gasteiger partial charge in [-0.2, -0.15) is 0 Å². The molecule has 0 spiro atoms. The summed E-state index contributed by atoms with van der Waals surface area (Å²) in [7, 11) is 2.14. The lowest BCUT2D eigenvalue weighted by atomic mass is 9.93. The highest BCUT2D eigenvalue weighted by Crippen LogP contribution is 2.27. The van der Waals surface area contributed by atoms with Gasteiger partial charge < -0.3 is 16.5 Å². The quantitative estimate of drug-likeness (QED) is 0.375. The number of piperidine rings is 1. The SMILES string of the molecule is CN1CC2=CNNN2C2CCNC(N)C21. The molecule has 3 atom stereocenters. The number of fused-ring (bicyclic) bond motifs is 3. The number of nitrogens with two attached hydrogens (primary N) is 1. The number of hydrogen-bond acceptors (Lipinski definition) is 6. The van der Waals surface area contributed by atoms with Gasteiger partial charge in [-0.15, -0.1) is 5.53 Å². The van der Waals surface area contributed by atoms with Crippen molar-refractivity contribution in [3.8, 4) is 0 Å². The van der Waals surface area contributed by atoms with Crippen molar-refractivity contribution in [1.29, 1.82) is 0 Å². The van der Waals surface area contributed by atoms with Crippen molar-refractivity contribution in [2.75, 3.05) is 20.1 Å². The maximum atomic E-state index is 6.12. The molecule has 0 amide bonds. The molecule has 0 aromatic carbocycles. The molecule has 3 unspecified atom stereocenters. The van der Waals surface area contributed by atoms with Crippen molar-refractivity contribution in [2.45, 2.75) is 24.7 Å². The third kappa shape index (κ3) is 1.33. The second kappa shape index (κ2) is 3.34. The smallest absolute Gasteiger partial charge is 0.0728 e. The van der Waals surface area contributed by atoms with Crippen LogP contribution in [-0.2, 0) is 0 Å². The molecule has 0 aromatic rings. The van der Waals surface area contributed by atoms with Gasteiger partial charge in [-0.1, -0.05) is 0 Å². The van der Waals surface area contributed by atoms with E-state index in [-0.39, 0.29) is 6.17 Å². The average molecular weight is 210 g/mol. The first-order valence-electron chi connectivity index (χ1n) is 5.46. The molecule has 15 heavy (non-hydrogen) atoms. The lowest BCUT2D eigenvalue weighted by Gasteiger charge is -2.50. The molecule has 3 heterocycles. The monoisotopic (exact) mass is 210 g/mol. The number of hydrazine groups is 2. The van der Waals surface area contributed by atoms with Crippen LogP contribution in [0, 0.1) is 0 Å². The highest BCUT2D eigenvalue weighted by atomic mass is 15.7. The van der Waals surface area contributed by atoms with E-state index in [1.165, 1.54) is 5.70 Å². The van der Waals surface area contributed by atoms with Gasteiger partial charge in [0.15, 0.2) is 0 Å². The van der Waals surface area contributed by atoms with Crippen molar-refractivity contribution in [3.05, 3.63) is 11.9 Å². The maximum absolute atomic E-state index is 6.12. The lowest BCUT2D eigenvalue weighted by molar-refractivity contribution is 0.00368. The highest BCUT2D eigenvalue weighted by molar-refractivity contribution is 5.14. The number of piperazine rings is 1. The average Bonchev–Trinajstić information content (AvgIpc) is 2.65. The molecule has 5 N–H and O–H groups in total. The third-order valence-electron chi connectivity index (χ3n) is 3.57. The summed E-state index contributed by atoms with van der Waals surface area (Å²) < 4.78 is 0. The normalized spacial score (nSPS) is 40.5. The molecule has 0 radical (unpaired) electrons. The van der Waals surface area contributed by atoms with Crippen molar-refractivity contribution in [2.24, 2.45) is 5.73 Å². The lowest BCUT2D eigenvalue weighted by Crippen LogP contribution is -2.71. The Kier molecular flexibility index (Phi) is 2.10. The molecule has 3 rings (SSSR count). The largest absolute Gasteiger partial charge is 0.315 e. The summed E-state index contributed by atoms with van der Waals surface area (Å²) in [6.45, 7) is 1.93. The molecule has 0 bridgehead atoms. The fraction of sp³-hybridized carbons (Fsp3) is 0.778. The van der Waals surface area contributed by atoms with Gasteiger partial charge in [0, 0.05) is 12.7 Å². The van der Waals surface area contributed by atoms with Gasteiger partial charge in [-0.3, -0.25) is 9.91 Å². The summed E-state index contributed by atoms with van der Waals surface area (Å²) in [5.74, 6) is 0. The topological polar surface area (TPSA) is 68.6 Å². The van der Waals surface area contributed by atoms with Gasteiger partial charge in [-0.05, 0) is 20.0 Å². The Labute approximate surface area is 89.4 Å². The van der Waals surface area contributed by atoms with Crippen molar-refractivity contribution in [3.63, 3.8) is 0 Å². The van der Waals surface area contributed by atoms with E-state index in [2.05, 4.69) is 33.2 Å². The number of rotatable bonds is 0. The minimum absolute atomic E-state index is 0.0673. The van der Waals surface area contributed by atoms with Crippen LogP contribution in [0.1, 0.15) is 6.42 Å². The molecule has 2 fully saturated rings. The van der Waals surface area contributed by atoms with E-state index < -0.39 is 0 Å². The molecular weight excluding hydrogens is 192 g/mol.